The lowest BCUT2D eigenvalue weighted by atomic mass is 10.0. The zero-order chi connectivity index (χ0) is 30.7. The summed E-state index contributed by atoms with van der Waals surface area (Å²) in [5, 5.41) is 2.92. The maximum Gasteiger partial charge on any atom is 0.244 e. The number of ether oxygens (including phenoxy) is 2. The van der Waals surface area contributed by atoms with Crippen LogP contribution in [0.4, 0.5) is 10.1 Å². The third kappa shape index (κ3) is 8.94. The van der Waals surface area contributed by atoms with Crippen molar-refractivity contribution >= 4 is 27.5 Å². The average molecular weight is 600 g/mol. The molecule has 226 valence electrons. The number of benzene rings is 3. The lowest BCUT2D eigenvalue weighted by Gasteiger charge is -2.33. The molecule has 42 heavy (non-hydrogen) atoms. The summed E-state index contributed by atoms with van der Waals surface area (Å²) in [6.07, 6.45) is 2.81. The Kier molecular flexibility index (Phi) is 11.7. The first kappa shape index (κ1) is 32.4. The van der Waals surface area contributed by atoms with Crippen LogP contribution in [0.25, 0.3) is 0 Å². The van der Waals surface area contributed by atoms with E-state index in [0.717, 1.165) is 29.0 Å². The fraction of sp³-hybridized carbons (Fsp3) is 0.355. The maximum atomic E-state index is 14.1. The van der Waals surface area contributed by atoms with Gasteiger partial charge in [-0.15, -0.1) is 0 Å². The molecule has 0 unspecified atom stereocenters. The smallest absolute Gasteiger partial charge is 0.244 e. The Bertz CT molecular complexity index is 1430. The van der Waals surface area contributed by atoms with Gasteiger partial charge in [0.25, 0.3) is 0 Å². The maximum absolute atomic E-state index is 14.1. The van der Waals surface area contributed by atoms with E-state index in [4.69, 9.17) is 9.47 Å². The number of hydrogen-bond donors (Lipinski definition) is 1. The highest BCUT2D eigenvalue weighted by Crippen LogP contribution is 2.33. The third-order valence-electron chi connectivity index (χ3n) is 6.70. The van der Waals surface area contributed by atoms with Gasteiger partial charge < -0.3 is 19.7 Å². The molecule has 1 atom stereocenters. The molecule has 0 bridgehead atoms. The zero-order valence-corrected chi connectivity index (χ0v) is 25.2. The van der Waals surface area contributed by atoms with Gasteiger partial charge in [0.1, 0.15) is 29.9 Å². The lowest BCUT2D eigenvalue weighted by Crippen LogP contribution is -2.53. The van der Waals surface area contributed by atoms with Crippen LogP contribution in [0.2, 0.25) is 0 Å². The summed E-state index contributed by atoms with van der Waals surface area (Å²) in [6, 6.07) is 18.5. The molecule has 9 nitrogen and oxygen atoms in total. The molecule has 0 aliphatic carbocycles. The van der Waals surface area contributed by atoms with Gasteiger partial charge in [-0.1, -0.05) is 55.8 Å². The fourth-order valence-corrected chi connectivity index (χ4v) is 5.29. The van der Waals surface area contributed by atoms with Crippen LogP contribution in [0.5, 0.6) is 11.5 Å². The van der Waals surface area contributed by atoms with Crippen molar-refractivity contribution in [2.45, 2.75) is 38.8 Å². The Morgan fingerprint density at radius 1 is 0.952 bits per heavy atom. The Morgan fingerprint density at radius 3 is 2.24 bits per heavy atom. The van der Waals surface area contributed by atoms with Crippen LogP contribution in [0.15, 0.2) is 72.8 Å². The van der Waals surface area contributed by atoms with Crippen molar-refractivity contribution in [3.05, 3.63) is 89.7 Å². The highest BCUT2D eigenvalue weighted by atomic mass is 32.2. The summed E-state index contributed by atoms with van der Waals surface area (Å²) in [5.74, 6) is -0.787. The number of nitrogens with zero attached hydrogens (tertiary/aromatic N) is 2. The van der Waals surface area contributed by atoms with Gasteiger partial charge in [0.15, 0.2) is 0 Å². The minimum atomic E-state index is -3.98. The van der Waals surface area contributed by atoms with E-state index in [1.165, 1.54) is 55.5 Å². The van der Waals surface area contributed by atoms with Crippen molar-refractivity contribution in [3.8, 4) is 11.5 Å². The van der Waals surface area contributed by atoms with E-state index in [-0.39, 0.29) is 30.3 Å². The van der Waals surface area contributed by atoms with Crippen molar-refractivity contribution in [2.24, 2.45) is 0 Å². The number of carbonyl (C=O) groups excluding carboxylic acids is 2. The van der Waals surface area contributed by atoms with Gasteiger partial charge >= 0.3 is 0 Å². The summed E-state index contributed by atoms with van der Waals surface area (Å²) in [4.78, 5) is 29.1. The first-order chi connectivity index (χ1) is 20.1. The number of methoxy groups -OCH3 is 2. The van der Waals surface area contributed by atoms with Crippen molar-refractivity contribution in [2.75, 3.05) is 37.9 Å². The Balaban J connectivity index is 2.06. The number of carbonyl (C=O) groups is 2. The summed E-state index contributed by atoms with van der Waals surface area (Å²) in [7, 11) is -1.13. The number of halogens is 1. The zero-order valence-electron chi connectivity index (χ0n) is 24.4. The number of hydrogen-bond acceptors (Lipinski definition) is 6. The van der Waals surface area contributed by atoms with Crippen LogP contribution in [0, 0.1) is 5.82 Å². The van der Waals surface area contributed by atoms with Crippen LogP contribution in [-0.2, 0) is 32.6 Å². The largest absolute Gasteiger partial charge is 0.497 e. The Morgan fingerprint density at radius 2 is 1.64 bits per heavy atom. The molecule has 0 saturated heterocycles. The minimum Gasteiger partial charge on any atom is -0.497 e. The number of unbranched alkanes of at least 4 members (excludes halogenated alkanes) is 1. The van der Waals surface area contributed by atoms with Crippen molar-refractivity contribution in [1.29, 1.82) is 0 Å². The van der Waals surface area contributed by atoms with Gasteiger partial charge in [-0.2, -0.15) is 0 Å². The Labute approximate surface area is 247 Å². The molecule has 3 aromatic carbocycles. The highest BCUT2D eigenvalue weighted by molar-refractivity contribution is 7.92. The second kappa shape index (κ2) is 15.2. The first-order valence-corrected chi connectivity index (χ1v) is 15.5. The molecule has 2 amide bonds. The molecular weight excluding hydrogens is 561 g/mol. The fourth-order valence-electron chi connectivity index (χ4n) is 4.43. The molecular formula is C31H38FN3O6S. The van der Waals surface area contributed by atoms with Crippen LogP contribution >= 0.6 is 0 Å². The van der Waals surface area contributed by atoms with E-state index in [9.17, 15) is 22.4 Å². The Hall–Kier alpha value is -4.12. The molecule has 0 aliphatic rings. The number of rotatable bonds is 15. The standard InChI is InChI=1S/C31H38FN3O6S/c1-5-6-18-33-31(37)28(19-23-10-8-7-9-11-23)34(21-24-12-14-25(32)15-13-24)30(36)22-35(42(4,38)39)27-17-16-26(40-2)20-29(27)41-3/h7-17,20,28H,5-6,18-19,21-22H2,1-4H3,(H,33,37)/t28-/m0/s1. The topological polar surface area (TPSA) is 105 Å². The summed E-state index contributed by atoms with van der Waals surface area (Å²) >= 11 is 0. The molecule has 0 aromatic heterocycles. The first-order valence-electron chi connectivity index (χ1n) is 13.6. The summed E-state index contributed by atoms with van der Waals surface area (Å²) in [6.45, 7) is 1.79. The molecule has 0 fully saturated rings. The molecule has 0 radical (unpaired) electrons. The number of anilines is 1. The molecule has 3 aromatic rings. The molecule has 11 heteroatoms. The van der Waals surface area contributed by atoms with E-state index in [1.807, 2.05) is 37.3 Å². The summed E-state index contributed by atoms with van der Waals surface area (Å²) < 4.78 is 51.4. The van der Waals surface area contributed by atoms with Crippen LogP contribution in [0.3, 0.4) is 0 Å². The van der Waals surface area contributed by atoms with Crippen molar-refractivity contribution < 1.29 is 31.9 Å². The average Bonchev–Trinajstić information content (AvgIpc) is 2.98. The molecule has 1 N–H and O–H groups in total. The molecule has 3 rings (SSSR count). The minimum absolute atomic E-state index is 0.0465. The second-order valence-electron chi connectivity index (χ2n) is 9.81. The third-order valence-corrected chi connectivity index (χ3v) is 7.83. The van der Waals surface area contributed by atoms with E-state index in [0.29, 0.717) is 17.9 Å². The monoisotopic (exact) mass is 599 g/mol. The van der Waals surface area contributed by atoms with Gasteiger partial charge in [-0.25, -0.2) is 12.8 Å². The number of sulfonamides is 1. The summed E-state index contributed by atoms with van der Waals surface area (Å²) in [5.41, 5.74) is 1.54. The number of nitrogens with one attached hydrogen (secondary N) is 1. The van der Waals surface area contributed by atoms with Crippen LogP contribution in [0.1, 0.15) is 30.9 Å². The second-order valence-corrected chi connectivity index (χ2v) is 11.7. The van der Waals surface area contributed by atoms with Crippen LogP contribution in [-0.4, -0.2) is 64.7 Å². The predicted molar refractivity (Wildman–Crippen MR) is 161 cm³/mol. The molecule has 0 spiro atoms. The van der Waals surface area contributed by atoms with Gasteiger partial charge in [0, 0.05) is 25.6 Å². The van der Waals surface area contributed by atoms with Gasteiger partial charge in [0.2, 0.25) is 21.8 Å². The van der Waals surface area contributed by atoms with Gasteiger partial charge in [-0.3, -0.25) is 13.9 Å². The van der Waals surface area contributed by atoms with Crippen LogP contribution < -0.4 is 19.1 Å². The predicted octanol–water partition coefficient (Wildman–Crippen LogP) is 4.17. The highest BCUT2D eigenvalue weighted by Gasteiger charge is 2.33. The SMILES string of the molecule is CCCCNC(=O)[C@H](Cc1ccccc1)N(Cc1ccc(F)cc1)C(=O)CN(c1ccc(OC)cc1OC)S(C)(=O)=O. The molecule has 0 aliphatic heterocycles. The van der Waals surface area contributed by atoms with Crippen molar-refractivity contribution in [1.82, 2.24) is 10.2 Å². The van der Waals surface area contributed by atoms with Gasteiger partial charge in [0.05, 0.1) is 26.2 Å². The van der Waals surface area contributed by atoms with Gasteiger partial charge in [-0.05, 0) is 41.8 Å². The van der Waals surface area contributed by atoms with E-state index in [1.54, 1.807) is 6.07 Å². The van der Waals surface area contributed by atoms with E-state index < -0.39 is 34.3 Å². The quantitative estimate of drug-likeness (QED) is 0.263. The molecule has 0 saturated carbocycles. The van der Waals surface area contributed by atoms with E-state index in [2.05, 4.69) is 5.32 Å². The normalized spacial score (nSPS) is 11.8. The number of amides is 2. The lowest BCUT2D eigenvalue weighted by molar-refractivity contribution is -0.140. The van der Waals surface area contributed by atoms with E-state index >= 15 is 0 Å². The van der Waals surface area contributed by atoms with Crippen molar-refractivity contribution in [3.63, 3.8) is 0 Å². The molecule has 0 heterocycles.